The molecule has 0 spiro atoms. The maximum Gasteiger partial charge on any atom is 0.292 e. The Labute approximate surface area is 169 Å². The van der Waals surface area contributed by atoms with Gasteiger partial charge in [-0.3, -0.25) is 14.4 Å². The zero-order valence-corrected chi connectivity index (χ0v) is 16.5. The van der Waals surface area contributed by atoms with Crippen LogP contribution in [0.5, 0.6) is 0 Å². The molecule has 1 aliphatic heterocycles. The molecule has 28 heavy (non-hydrogen) atoms. The zero-order chi connectivity index (χ0) is 20.3. The molecular weight excluding hydrogens is 408 g/mol. The summed E-state index contributed by atoms with van der Waals surface area (Å²) in [7, 11) is 1.41. The van der Waals surface area contributed by atoms with Crippen LogP contribution in [0.15, 0.2) is 15.4 Å². The fraction of sp³-hybridized carbons (Fsp3) is 0.438. The quantitative estimate of drug-likeness (QED) is 0.741. The summed E-state index contributed by atoms with van der Waals surface area (Å²) in [6.45, 7) is 1.66. The lowest BCUT2D eigenvalue weighted by molar-refractivity contribution is -0.121. The SMILES string of the molecule is Cn1oc(C(=O)N2CCC(=O)NCCN(c3snc(Cl)c3C#N)CC2)cc1=O. The second-order valence-corrected chi connectivity index (χ2v) is 7.19. The Balaban J connectivity index is 1.84. The Bertz CT molecular complexity index is 990. The Morgan fingerprint density at radius 3 is 2.82 bits per heavy atom. The maximum absolute atomic E-state index is 12.8. The summed E-state index contributed by atoms with van der Waals surface area (Å²) in [6.07, 6.45) is 0.138. The minimum Gasteiger partial charge on any atom is -0.371 e. The highest BCUT2D eigenvalue weighted by Gasteiger charge is 2.25. The molecule has 1 fully saturated rings. The van der Waals surface area contributed by atoms with Crippen LogP contribution in [0.4, 0.5) is 5.00 Å². The van der Waals surface area contributed by atoms with E-state index in [1.54, 1.807) is 0 Å². The summed E-state index contributed by atoms with van der Waals surface area (Å²) in [5.74, 6) is -0.763. The molecule has 3 rings (SSSR count). The number of anilines is 1. The van der Waals surface area contributed by atoms with Crippen LogP contribution < -0.4 is 15.8 Å². The average molecular weight is 425 g/mol. The van der Waals surface area contributed by atoms with Crippen molar-refractivity contribution >= 4 is 39.9 Å². The van der Waals surface area contributed by atoms with E-state index in [2.05, 4.69) is 9.69 Å². The summed E-state index contributed by atoms with van der Waals surface area (Å²) in [5.41, 5.74) is -0.163. The van der Waals surface area contributed by atoms with E-state index < -0.39 is 11.5 Å². The zero-order valence-electron chi connectivity index (χ0n) is 15.0. The van der Waals surface area contributed by atoms with E-state index >= 15 is 0 Å². The number of halogens is 1. The molecule has 2 amide bonds. The molecule has 0 aliphatic carbocycles. The van der Waals surface area contributed by atoms with Gasteiger partial charge in [-0.2, -0.15) is 14.4 Å². The Morgan fingerprint density at radius 1 is 1.36 bits per heavy atom. The monoisotopic (exact) mass is 424 g/mol. The standard InChI is InChI=1S/C16H17ClN6O4S/c1-21-13(25)8-11(27-21)15(26)22-4-2-12(24)19-3-5-23(7-6-22)16-10(9-18)14(17)20-28-16/h8H,2-7H2,1H3,(H,19,24). The van der Waals surface area contributed by atoms with Crippen LogP contribution in [0.1, 0.15) is 22.5 Å². The van der Waals surface area contributed by atoms with Crippen LogP contribution in [0, 0.1) is 11.3 Å². The molecule has 148 valence electrons. The fourth-order valence-corrected chi connectivity index (χ4v) is 3.86. The number of aryl methyl sites for hydroxylation is 1. The van der Waals surface area contributed by atoms with Crippen molar-refractivity contribution in [1.82, 2.24) is 19.3 Å². The number of rotatable bonds is 2. The lowest BCUT2D eigenvalue weighted by atomic mass is 10.2. The molecule has 0 radical (unpaired) electrons. The van der Waals surface area contributed by atoms with Gasteiger partial charge in [0.2, 0.25) is 11.7 Å². The molecule has 0 saturated carbocycles. The van der Waals surface area contributed by atoms with Gasteiger partial charge in [0.25, 0.3) is 11.5 Å². The van der Waals surface area contributed by atoms with Gasteiger partial charge in [-0.1, -0.05) is 11.6 Å². The third-order valence-electron chi connectivity index (χ3n) is 4.28. The van der Waals surface area contributed by atoms with E-state index in [1.165, 1.54) is 11.9 Å². The van der Waals surface area contributed by atoms with Gasteiger partial charge in [0.05, 0.1) is 6.07 Å². The van der Waals surface area contributed by atoms with Crippen molar-refractivity contribution in [1.29, 1.82) is 5.26 Å². The van der Waals surface area contributed by atoms with Crippen LogP contribution in [-0.2, 0) is 11.8 Å². The number of hydrogen-bond acceptors (Lipinski definition) is 8. The highest BCUT2D eigenvalue weighted by Crippen LogP contribution is 2.31. The van der Waals surface area contributed by atoms with Crippen molar-refractivity contribution in [3.05, 3.63) is 32.9 Å². The second kappa shape index (κ2) is 8.45. The van der Waals surface area contributed by atoms with Crippen LogP contribution in [0.2, 0.25) is 5.15 Å². The highest BCUT2D eigenvalue weighted by atomic mass is 35.5. The molecule has 2 aromatic rings. The maximum atomic E-state index is 12.8. The third-order valence-corrected chi connectivity index (χ3v) is 5.56. The first kappa shape index (κ1) is 19.9. The lowest BCUT2D eigenvalue weighted by Crippen LogP contribution is -2.45. The van der Waals surface area contributed by atoms with Gasteiger partial charge in [0.1, 0.15) is 16.6 Å². The second-order valence-electron chi connectivity index (χ2n) is 6.08. The van der Waals surface area contributed by atoms with Gasteiger partial charge in [0.15, 0.2) is 5.15 Å². The number of carbonyl (C=O) groups excluding carboxylic acids is 2. The van der Waals surface area contributed by atoms with Crippen molar-refractivity contribution in [2.75, 3.05) is 37.6 Å². The molecule has 1 N–H and O–H groups in total. The molecule has 2 aromatic heterocycles. The summed E-state index contributed by atoms with van der Waals surface area (Å²) < 4.78 is 10.1. The van der Waals surface area contributed by atoms with Crippen LogP contribution in [0.25, 0.3) is 0 Å². The number of carbonyl (C=O) groups is 2. The van der Waals surface area contributed by atoms with Crippen molar-refractivity contribution in [2.45, 2.75) is 6.42 Å². The molecule has 10 nitrogen and oxygen atoms in total. The number of nitrogens with one attached hydrogen (secondary N) is 1. The van der Waals surface area contributed by atoms with E-state index in [-0.39, 0.29) is 41.9 Å². The average Bonchev–Trinajstić information content (AvgIpc) is 3.21. The highest BCUT2D eigenvalue weighted by molar-refractivity contribution is 7.10. The normalized spacial score (nSPS) is 15.8. The largest absolute Gasteiger partial charge is 0.371 e. The van der Waals surface area contributed by atoms with Gasteiger partial charge in [-0.05, 0) is 11.5 Å². The van der Waals surface area contributed by atoms with Crippen LogP contribution in [0.3, 0.4) is 0 Å². The van der Waals surface area contributed by atoms with Gasteiger partial charge >= 0.3 is 0 Å². The molecule has 0 unspecified atom stereocenters. The molecule has 0 atom stereocenters. The first-order chi connectivity index (χ1) is 13.4. The number of nitrogens with zero attached hydrogens (tertiary/aromatic N) is 5. The molecule has 1 aliphatic rings. The summed E-state index contributed by atoms with van der Waals surface area (Å²) in [5, 5.41) is 12.8. The van der Waals surface area contributed by atoms with E-state index in [0.29, 0.717) is 24.6 Å². The topological polar surface area (TPSA) is 124 Å². The first-order valence-electron chi connectivity index (χ1n) is 8.44. The summed E-state index contributed by atoms with van der Waals surface area (Å²) in [6, 6.07) is 3.16. The minimum atomic E-state index is -0.478. The number of hydrogen-bond donors (Lipinski definition) is 1. The smallest absolute Gasteiger partial charge is 0.292 e. The van der Waals surface area contributed by atoms with Gasteiger partial charge in [-0.25, -0.2) is 0 Å². The van der Waals surface area contributed by atoms with E-state index in [9.17, 15) is 19.6 Å². The Kier molecular flexibility index (Phi) is 6.01. The van der Waals surface area contributed by atoms with Crippen LogP contribution >= 0.6 is 23.1 Å². The Morgan fingerprint density at radius 2 is 2.14 bits per heavy atom. The lowest BCUT2D eigenvalue weighted by Gasteiger charge is -2.29. The molecule has 0 aromatic carbocycles. The molecule has 3 heterocycles. The fourth-order valence-electron chi connectivity index (χ4n) is 2.78. The van der Waals surface area contributed by atoms with Gasteiger partial charge in [-0.15, -0.1) is 0 Å². The molecule has 1 saturated heterocycles. The molecular formula is C16H17ClN6O4S. The number of amides is 2. The number of aromatic nitrogens is 2. The third kappa shape index (κ3) is 4.18. The van der Waals surface area contributed by atoms with Crippen LogP contribution in [-0.4, -0.2) is 58.6 Å². The van der Waals surface area contributed by atoms with E-state index in [0.717, 1.165) is 22.3 Å². The van der Waals surface area contributed by atoms with E-state index in [4.69, 9.17) is 16.1 Å². The summed E-state index contributed by atoms with van der Waals surface area (Å²) >= 11 is 7.06. The number of nitriles is 1. The summed E-state index contributed by atoms with van der Waals surface area (Å²) in [4.78, 5) is 39.7. The minimum absolute atomic E-state index is 0.0879. The first-order valence-corrected chi connectivity index (χ1v) is 9.59. The molecule has 0 bridgehead atoms. The van der Waals surface area contributed by atoms with E-state index in [1.807, 2.05) is 11.0 Å². The van der Waals surface area contributed by atoms with Gasteiger partial charge in [0, 0.05) is 46.2 Å². The van der Waals surface area contributed by atoms with Crippen molar-refractivity contribution in [3.8, 4) is 6.07 Å². The molecule has 12 heteroatoms. The van der Waals surface area contributed by atoms with Crippen molar-refractivity contribution < 1.29 is 14.1 Å². The van der Waals surface area contributed by atoms with Gasteiger partial charge < -0.3 is 19.6 Å². The van der Waals surface area contributed by atoms with Crippen molar-refractivity contribution in [3.63, 3.8) is 0 Å². The Hall–Kier alpha value is -2.84. The predicted molar refractivity (Wildman–Crippen MR) is 102 cm³/mol. The van der Waals surface area contributed by atoms with Crippen molar-refractivity contribution in [2.24, 2.45) is 7.05 Å². The predicted octanol–water partition coefficient (Wildman–Crippen LogP) is 0.429.